The van der Waals surface area contributed by atoms with Crippen LogP contribution in [-0.2, 0) is 0 Å². The molecule has 51 heavy (non-hydrogen) atoms. The molecule has 0 bridgehead atoms. The lowest BCUT2D eigenvalue weighted by Gasteiger charge is -2.22. The number of aryl methyl sites for hydroxylation is 1. The quantitative estimate of drug-likeness (QED) is 0.0918. The number of hydrogen-bond donors (Lipinski definition) is 0. The van der Waals surface area contributed by atoms with E-state index in [1.54, 1.807) is 18.2 Å². The van der Waals surface area contributed by atoms with Gasteiger partial charge in [0.2, 0.25) is 0 Å². The van der Waals surface area contributed by atoms with Crippen molar-refractivity contribution in [2.24, 2.45) is 0 Å². The summed E-state index contributed by atoms with van der Waals surface area (Å²) in [5.74, 6) is 2.82. The van der Waals surface area contributed by atoms with Crippen LogP contribution in [0.1, 0.15) is 23.3 Å². The van der Waals surface area contributed by atoms with Gasteiger partial charge < -0.3 is 31.9 Å². The first kappa shape index (κ1) is 32.4. The second kappa shape index (κ2) is 13.5. The molecule has 0 saturated carbocycles. The van der Waals surface area contributed by atoms with Gasteiger partial charge in [0, 0.05) is 11.1 Å². The average Bonchev–Trinajstić information content (AvgIpc) is 3.75. The van der Waals surface area contributed by atoms with Crippen LogP contribution in [-0.4, -0.2) is 5.97 Å². The van der Waals surface area contributed by atoms with Crippen LogP contribution in [0.5, 0.6) is 40.2 Å². The van der Waals surface area contributed by atoms with Gasteiger partial charge in [0.1, 0.15) is 17.1 Å². The molecule has 252 valence electrons. The normalized spacial score (nSPS) is 13.2. The smallest absolute Gasteiger partial charge is 0.423 e. The molecular formula is C41H30O8P2. The Kier molecular flexibility index (Phi) is 8.57. The Morgan fingerprint density at radius 1 is 0.549 bits per heavy atom. The van der Waals surface area contributed by atoms with E-state index < -0.39 is 23.2 Å². The zero-order valence-electron chi connectivity index (χ0n) is 26.4. The van der Waals surface area contributed by atoms with Gasteiger partial charge in [0.15, 0.2) is 28.7 Å². The van der Waals surface area contributed by atoms with E-state index in [4.69, 9.17) is 31.9 Å². The molecule has 0 radical (unpaired) electrons. The minimum Gasteiger partial charge on any atom is -0.423 e. The highest BCUT2D eigenvalue weighted by molar-refractivity contribution is 7.43. The SMILES string of the molecule is C.Cc1ccc(OC(=O)c2cc3ccccc3c(-c3c(OP4Oc5ccccc5O4)ccc4ccccc34)c2OP2Oc3ccccc3O2)cc1. The van der Waals surface area contributed by atoms with Gasteiger partial charge in [-0.2, -0.15) is 0 Å². The summed E-state index contributed by atoms with van der Waals surface area (Å²) < 4.78 is 43.7. The lowest BCUT2D eigenvalue weighted by Crippen LogP contribution is -2.12. The number of esters is 1. The molecule has 0 N–H and O–H groups in total. The molecule has 2 aliphatic rings. The minimum absolute atomic E-state index is 0. The number of benzene rings is 7. The van der Waals surface area contributed by atoms with Crippen molar-refractivity contribution in [1.29, 1.82) is 0 Å². The average molecular weight is 713 g/mol. The van der Waals surface area contributed by atoms with E-state index in [0.717, 1.165) is 27.1 Å². The molecule has 0 saturated heterocycles. The van der Waals surface area contributed by atoms with E-state index in [1.807, 2.05) is 128 Å². The van der Waals surface area contributed by atoms with Crippen molar-refractivity contribution >= 4 is 44.7 Å². The van der Waals surface area contributed by atoms with Crippen molar-refractivity contribution < 1.29 is 36.7 Å². The third kappa shape index (κ3) is 6.14. The number of fused-ring (bicyclic) bond motifs is 4. The molecule has 2 aliphatic heterocycles. The predicted octanol–water partition coefficient (Wildman–Crippen LogP) is 12.0. The van der Waals surface area contributed by atoms with E-state index in [0.29, 0.717) is 45.6 Å². The van der Waals surface area contributed by atoms with Gasteiger partial charge in [-0.1, -0.05) is 104 Å². The fourth-order valence-corrected chi connectivity index (χ4v) is 8.09. The summed E-state index contributed by atoms with van der Waals surface area (Å²) in [5.41, 5.74) is 2.51. The zero-order chi connectivity index (χ0) is 33.6. The maximum Gasteiger partial charge on any atom is 0.530 e. The topological polar surface area (TPSA) is 81.7 Å². The number of carbonyl (C=O) groups excluding carboxylic acids is 1. The zero-order valence-corrected chi connectivity index (χ0v) is 28.2. The Balaban J connectivity index is 0.00000374. The van der Waals surface area contributed by atoms with E-state index in [2.05, 4.69) is 0 Å². The van der Waals surface area contributed by atoms with Gasteiger partial charge in [0.25, 0.3) is 0 Å². The second-order valence-electron chi connectivity index (χ2n) is 11.6. The summed E-state index contributed by atoms with van der Waals surface area (Å²) in [6.07, 6.45) is 0. The molecule has 0 spiro atoms. The van der Waals surface area contributed by atoms with E-state index in [-0.39, 0.29) is 18.7 Å². The summed E-state index contributed by atoms with van der Waals surface area (Å²) in [6, 6.07) is 43.5. The van der Waals surface area contributed by atoms with Crippen LogP contribution in [0.15, 0.2) is 140 Å². The highest BCUT2D eigenvalue weighted by Crippen LogP contribution is 2.58. The molecule has 8 nitrogen and oxygen atoms in total. The Morgan fingerprint density at radius 2 is 1.06 bits per heavy atom. The summed E-state index contributed by atoms with van der Waals surface area (Å²) in [5, 5.41) is 3.42. The van der Waals surface area contributed by atoms with Gasteiger partial charge in [-0.15, -0.1) is 0 Å². The first-order valence-electron chi connectivity index (χ1n) is 15.8. The van der Waals surface area contributed by atoms with Crippen LogP contribution in [0.3, 0.4) is 0 Å². The number of ether oxygens (including phenoxy) is 1. The monoisotopic (exact) mass is 712 g/mol. The molecule has 0 aromatic heterocycles. The maximum absolute atomic E-state index is 14.2. The molecule has 0 unspecified atom stereocenters. The van der Waals surface area contributed by atoms with E-state index in [1.165, 1.54) is 0 Å². The van der Waals surface area contributed by atoms with Gasteiger partial charge in [-0.05, 0) is 77.0 Å². The lowest BCUT2D eigenvalue weighted by molar-refractivity contribution is 0.0733. The Morgan fingerprint density at radius 3 is 1.67 bits per heavy atom. The van der Waals surface area contributed by atoms with Crippen molar-refractivity contribution in [3.63, 3.8) is 0 Å². The van der Waals surface area contributed by atoms with Gasteiger partial charge in [-0.3, -0.25) is 0 Å². The summed E-state index contributed by atoms with van der Waals surface area (Å²) >= 11 is 0. The van der Waals surface area contributed by atoms with Crippen molar-refractivity contribution in [2.75, 3.05) is 0 Å². The lowest BCUT2D eigenvalue weighted by atomic mass is 9.90. The third-order valence-electron chi connectivity index (χ3n) is 8.32. The molecule has 7 aromatic carbocycles. The molecular weight excluding hydrogens is 682 g/mol. The van der Waals surface area contributed by atoms with Crippen molar-refractivity contribution in [2.45, 2.75) is 14.4 Å². The van der Waals surface area contributed by atoms with E-state index >= 15 is 0 Å². The van der Waals surface area contributed by atoms with Gasteiger partial charge >= 0.3 is 23.2 Å². The van der Waals surface area contributed by atoms with Crippen molar-refractivity contribution in [3.8, 4) is 51.4 Å². The van der Waals surface area contributed by atoms with Gasteiger partial charge in [-0.25, -0.2) is 4.79 Å². The minimum atomic E-state index is -2.01. The number of hydrogen-bond acceptors (Lipinski definition) is 8. The van der Waals surface area contributed by atoms with Crippen molar-refractivity contribution in [1.82, 2.24) is 0 Å². The van der Waals surface area contributed by atoms with Crippen LogP contribution in [0, 0.1) is 6.92 Å². The Labute approximate surface area is 297 Å². The van der Waals surface area contributed by atoms with Crippen molar-refractivity contribution in [3.05, 3.63) is 151 Å². The summed E-state index contributed by atoms with van der Waals surface area (Å²) in [7, 11) is -3.85. The maximum atomic E-state index is 14.2. The predicted molar refractivity (Wildman–Crippen MR) is 200 cm³/mol. The highest BCUT2D eigenvalue weighted by atomic mass is 31.2. The standard InChI is InChI=1S/C40H26O8P2.CH4/c1-25-18-21-28(22-19-25)42-40(41)31-24-27-11-3-5-13-30(27)38(39(31)48-50-45-34-16-8-9-17-35(34)46-50)37-29-12-4-2-10-26(29)20-23-36(37)47-49-43-32-14-6-7-15-33(32)44-49;/h2-24H,1H3;1H4. The van der Waals surface area contributed by atoms with Gasteiger partial charge in [0.05, 0.1) is 0 Å². The molecule has 0 aliphatic carbocycles. The van der Waals surface area contributed by atoms with Crippen LogP contribution in [0.4, 0.5) is 0 Å². The first-order chi connectivity index (χ1) is 24.6. The summed E-state index contributed by atoms with van der Waals surface area (Å²) in [4.78, 5) is 14.2. The van der Waals surface area contributed by atoms with E-state index in [9.17, 15) is 4.79 Å². The number of para-hydroxylation sites is 4. The molecule has 2 heterocycles. The van der Waals surface area contributed by atoms with Crippen LogP contribution < -0.4 is 31.9 Å². The van der Waals surface area contributed by atoms with Crippen LogP contribution in [0.2, 0.25) is 0 Å². The third-order valence-corrected chi connectivity index (χ3v) is 10.4. The molecule has 9 rings (SSSR count). The first-order valence-corrected chi connectivity index (χ1v) is 18.0. The fraction of sp³-hybridized carbons (Fsp3) is 0.0488. The highest BCUT2D eigenvalue weighted by Gasteiger charge is 2.36. The number of carbonyl (C=O) groups is 1. The molecule has 10 heteroatoms. The Bertz CT molecular complexity index is 2380. The van der Waals surface area contributed by atoms with Crippen LogP contribution in [0.25, 0.3) is 32.7 Å². The fourth-order valence-electron chi connectivity index (χ4n) is 5.97. The molecule has 7 aromatic rings. The Hall–Kier alpha value is -5.81. The van der Waals surface area contributed by atoms with Crippen LogP contribution >= 0.6 is 17.2 Å². The summed E-state index contributed by atoms with van der Waals surface area (Å²) in [6.45, 7) is 1.97. The second-order valence-corrected chi connectivity index (χ2v) is 13.6. The molecule has 0 atom stereocenters. The molecule has 0 fully saturated rings. The largest absolute Gasteiger partial charge is 0.530 e. The number of rotatable bonds is 7. The molecule has 0 amide bonds.